The molecule has 0 fully saturated rings. The number of rotatable bonds is 6. The normalized spacial score (nSPS) is 12.4. The molecule has 1 amide bonds. The molecule has 0 aliphatic rings. The lowest BCUT2D eigenvalue weighted by Crippen LogP contribution is -2.36. The molecular formula is C11H18N4O5S. The number of anilines is 1. The number of amides is 1. The Labute approximate surface area is 122 Å². The zero-order valence-electron chi connectivity index (χ0n) is 12.2. The monoisotopic (exact) mass is 318 g/mol. The average Bonchev–Trinajstić information content (AvgIpc) is 2.76. The smallest absolute Gasteiger partial charge is 0.331 e. The summed E-state index contributed by atoms with van der Waals surface area (Å²) in [5.74, 6) is -2.51. The van der Waals surface area contributed by atoms with Gasteiger partial charge in [0.05, 0.1) is 11.9 Å². The first-order chi connectivity index (χ1) is 9.46. The first-order valence-corrected chi connectivity index (χ1v) is 7.56. The van der Waals surface area contributed by atoms with Crippen molar-refractivity contribution in [3.63, 3.8) is 0 Å². The summed E-state index contributed by atoms with van der Waals surface area (Å²) in [6.07, 6.45) is 2.58. The van der Waals surface area contributed by atoms with Gasteiger partial charge >= 0.3 is 5.97 Å². The summed E-state index contributed by atoms with van der Waals surface area (Å²) in [5.41, 5.74) is -1.05. The average molecular weight is 318 g/mol. The third kappa shape index (κ3) is 4.02. The molecule has 0 bridgehead atoms. The van der Waals surface area contributed by atoms with Gasteiger partial charge in [0.25, 0.3) is 0 Å². The number of carboxylic acids is 1. The highest BCUT2D eigenvalue weighted by Crippen LogP contribution is 2.17. The zero-order chi connectivity index (χ0) is 16.4. The van der Waals surface area contributed by atoms with E-state index in [0.29, 0.717) is 0 Å². The number of carboxylic acid groups (broad SMARTS) is 1. The van der Waals surface area contributed by atoms with E-state index in [1.165, 1.54) is 45.0 Å². The van der Waals surface area contributed by atoms with Crippen molar-refractivity contribution in [3.05, 3.63) is 12.4 Å². The number of sulfonamides is 1. The lowest BCUT2D eigenvalue weighted by atomic mass is 10.1. The summed E-state index contributed by atoms with van der Waals surface area (Å²) < 4.78 is 25.2. The number of hydrogen-bond acceptors (Lipinski definition) is 5. The quantitative estimate of drug-likeness (QED) is 0.731. The highest BCUT2D eigenvalue weighted by molar-refractivity contribution is 7.89. The van der Waals surface area contributed by atoms with Crippen molar-refractivity contribution in [2.24, 2.45) is 0 Å². The van der Waals surface area contributed by atoms with E-state index in [-0.39, 0.29) is 5.69 Å². The van der Waals surface area contributed by atoms with Crippen molar-refractivity contribution < 1.29 is 23.1 Å². The van der Waals surface area contributed by atoms with Gasteiger partial charge in [0.15, 0.2) is 5.54 Å². The number of nitrogens with zero attached hydrogens (tertiary/aromatic N) is 3. The molecule has 9 nitrogen and oxygen atoms in total. The Balaban J connectivity index is 2.81. The third-order valence-corrected chi connectivity index (χ3v) is 4.57. The van der Waals surface area contributed by atoms with Crippen LogP contribution in [0.3, 0.4) is 0 Å². The third-order valence-electron chi connectivity index (χ3n) is 2.83. The molecule has 21 heavy (non-hydrogen) atoms. The van der Waals surface area contributed by atoms with Gasteiger partial charge < -0.3 is 10.4 Å². The van der Waals surface area contributed by atoms with Crippen molar-refractivity contribution in [2.75, 3.05) is 25.2 Å². The molecule has 0 aromatic carbocycles. The molecule has 1 heterocycles. The van der Waals surface area contributed by atoms with E-state index in [1.807, 2.05) is 0 Å². The van der Waals surface area contributed by atoms with Crippen molar-refractivity contribution in [1.82, 2.24) is 14.1 Å². The summed E-state index contributed by atoms with van der Waals surface area (Å²) in [5, 5.41) is 15.3. The first-order valence-electron chi connectivity index (χ1n) is 5.95. The molecule has 1 aromatic heterocycles. The van der Waals surface area contributed by atoms with Gasteiger partial charge in [-0.25, -0.2) is 17.5 Å². The molecule has 0 unspecified atom stereocenters. The van der Waals surface area contributed by atoms with Gasteiger partial charge in [-0.1, -0.05) is 0 Å². The van der Waals surface area contributed by atoms with Crippen LogP contribution in [0.15, 0.2) is 12.4 Å². The van der Waals surface area contributed by atoms with Crippen molar-refractivity contribution in [1.29, 1.82) is 0 Å². The second kappa shape index (κ2) is 5.82. The fraction of sp³-hybridized carbons (Fsp3) is 0.545. The largest absolute Gasteiger partial charge is 0.479 e. The fourth-order valence-corrected chi connectivity index (χ4v) is 1.94. The van der Waals surface area contributed by atoms with E-state index in [0.717, 1.165) is 4.31 Å². The van der Waals surface area contributed by atoms with Crippen LogP contribution >= 0.6 is 0 Å². The number of carbonyl (C=O) groups excluding carboxylic acids is 1. The zero-order valence-corrected chi connectivity index (χ0v) is 13.0. The number of nitrogens with one attached hydrogen (secondary N) is 1. The van der Waals surface area contributed by atoms with E-state index in [1.54, 1.807) is 0 Å². The highest BCUT2D eigenvalue weighted by atomic mass is 32.2. The number of aromatic nitrogens is 2. The maximum absolute atomic E-state index is 11.7. The summed E-state index contributed by atoms with van der Waals surface area (Å²) in [6.45, 7) is 2.90. The van der Waals surface area contributed by atoms with Crippen LogP contribution in [-0.2, 0) is 25.2 Å². The molecule has 2 N–H and O–H groups in total. The molecule has 0 atom stereocenters. The molecule has 1 aromatic rings. The first kappa shape index (κ1) is 17.1. The van der Waals surface area contributed by atoms with Gasteiger partial charge in [0, 0.05) is 20.3 Å². The van der Waals surface area contributed by atoms with Crippen molar-refractivity contribution in [3.8, 4) is 0 Å². The maximum atomic E-state index is 11.7. The van der Waals surface area contributed by atoms with Crippen LogP contribution in [0.4, 0.5) is 5.69 Å². The van der Waals surface area contributed by atoms with E-state index in [9.17, 15) is 18.0 Å². The Morgan fingerprint density at radius 2 is 2.00 bits per heavy atom. The number of aliphatic carboxylic acids is 1. The van der Waals surface area contributed by atoms with Crippen LogP contribution in [0.1, 0.15) is 13.8 Å². The molecule has 10 heteroatoms. The highest BCUT2D eigenvalue weighted by Gasteiger charge is 2.30. The predicted molar refractivity (Wildman–Crippen MR) is 75.3 cm³/mol. The SMILES string of the molecule is CN(C)S(=O)(=O)CC(=O)Nc1cnn(C(C)(C)C(=O)O)c1. The molecule has 0 aliphatic carbocycles. The van der Waals surface area contributed by atoms with E-state index in [2.05, 4.69) is 10.4 Å². The fourth-order valence-electron chi connectivity index (χ4n) is 1.28. The maximum Gasteiger partial charge on any atom is 0.331 e. The van der Waals surface area contributed by atoms with Crippen LogP contribution < -0.4 is 5.32 Å². The molecule has 0 saturated heterocycles. The predicted octanol–water partition coefficient (Wildman–Crippen LogP) is -0.467. The Morgan fingerprint density at radius 3 is 2.48 bits per heavy atom. The standard InChI is InChI=1S/C11H18N4O5S/c1-11(2,10(17)18)15-6-8(5-12-15)13-9(16)7-21(19,20)14(3)4/h5-6H,7H2,1-4H3,(H,13,16)(H,17,18). The Kier molecular flexibility index (Phi) is 4.74. The van der Waals surface area contributed by atoms with Crippen LogP contribution in [0, 0.1) is 0 Å². The summed E-state index contributed by atoms with van der Waals surface area (Å²) in [4.78, 5) is 22.7. The van der Waals surface area contributed by atoms with Crippen molar-refractivity contribution >= 4 is 27.6 Å². The lowest BCUT2D eigenvalue weighted by Gasteiger charge is -2.19. The second-order valence-electron chi connectivity index (χ2n) is 5.12. The minimum Gasteiger partial charge on any atom is -0.479 e. The second-order valence-corrected chi connectivity index (χ2v) is 7.31. The number of hydrogen-bond donors (Lipinski definition) is 2. The van der Waals surface area contributed by atoms with Gasteiger partial charge in [-0.3, -0.25) is 9.48 Å². The lowest BCUT2D eigenvalue weighted by molar-refractivity contribution is -0.146. The molecule has 0 saturated carbocycles. The van der Waals surface area contributed by atoms with Crippen LogP contribution in [0.25, 0.3) is 0 Å². The molecule has 0 aliphatic heterocycles. The Bertz CT molecular complexity index is 647. The minimum absolute atomic E-state index is 0.225. The Morgan fingerprint density at radius 1 is 1.43 bits per heavy atom. The van der Waals surface area contributed by atoms with Crippen LogP contribution in [0.2, 0.25) is 0 Å². The van der Waals surface area contributed by atoms with Gasteiger partial charge in [-0.15, -0.1) is 0 Å². The molecule has 0 spiro atoms. The van der Waals surface area contributed by atoms with Crippen molar-refractivity contribution in [2.45, 2.75) is 19.4 Å². The van der Waals surface area contributed by atoms with Gasteiger partial charge in [-0.05, 0) is 13.8 Å². The molecule has 0 radical (unpaired) electrons. The topological polar surface area (TPSA) is 122 Å². The number of carbonyl (C=O) groups is 2. The summed E-state index contributed by atoms with van der Waals surface area (Å²) in [6, 6.07) is 0. The van der Waals surface area contributed by atoms with E-state index >= 15 is 0 Å². The van der Waals surface area contributed by atoms with Gasteiger partial charge in [0.1, 0.15) is 5.75 Å². The van der Waals surface area contributed by atoms with E-state index in [4.69, 9.17) is 5.11 Å². The van der Waals surface area contributed by atoms with Crippen LogP contribution in [0.5, 0.6) is 0 Å². The van der Waals surface area contributed by atoms with Gasteiger partial charge in [0.2, 0.25) is 15.9 Å². The van der Waals surface area contributed by atoms with Crippen LogP contribution in [-0.4, -0.2) is 59.3 Å². The molecular weight excluding hydrogens is 300 g/mol. The Hall–Kier alpha value is -1.94. The molecule has 1 rings (SSSR count). The minimum atomic E-state index is -3.65. The van der Waals surface area contributed by atoms with Gasteiger partial charge in [-0.2, -0.15) is 5.10 Å². The summed E-state index contributed by atoms with van der Waals surface area (Å²) in [7, 11) is -0.994. The molecule has 118 valence electrons. The van der Waals surface area contributed by atoms with E-state index < -0.39 is 33.2 Å². The summed E-state index contributed by atoms with van der Waals surface area (Å²) >= 11 is 0.